The molecule has 0 spiro atoms. The third-order valence-electron chi connectivity index (χ3n) is 3.99. The summed E-state index contributed by atoms with van der Waals surface area (Å²) < 4.78 is 13.7. The summed E-state index contributed by atoms with van der Waals surface area (Å²) in [5, 5.41) is 15.0. The Kier molecular flexibility index (Phi) is 4.57. The molecule has 1 heterocycles. The Labute approximate surface area is 122 Å². The number of nitrogens with one attached hydrogen (secondary N) is 2. The first-order chi connectivity index (χ1) is 9.99. The van der Waals surface area contributed by atoms with E-state index in [1.54, 1.807) is 12.1 Å². The third-order valence-corrected chi connectivity index (χ3v) is 3.99. The topological polar surface area (TPSA) is 78.4 Å². The highest BCUT2D eigenvalue weighted by atomic mass is 19.1. The van der Waals surface area contributed by atoms with Crippen LogP contribution < -0.4 is 10.6 Å². The minimum Gasteiger partial charge on any atom is -0.480 e. The van der Waals surface area contributed by atoms with E-state index in [4.69, 9.17) is 0 Å². The molecule has 21 heavy (non-hydrogen) atoms. The Hall–Kier alpha value is -1.95. The summed E-state index contributed by atoms with van der Waals surface area (Å²) in [6, 6.07) is 4.42. The van der Waals surface area contributed by atoms with Gasteiger partial charge in [0.1, 0.15) is 11.2 Å². The van der Waals surface area contributed by atoms with Gasteiger partial charge in [0.05, 0.1) is 0 Å². The molecule has 5 nitrogen and oxygen atoms in total. The Balaban J connectivity index is 2.19. The van der Waals surface area contributed by atoms with Crippen molar-refractivity contribution in [1.82, 2.24) is 5.32 Å². The Morgan fingerprint density at radius 2 is 2.05 bits per heavy atom. The number of halogens is 1. The molecule has 114 valence electrons. The quantitative estimate of drug-likeness (QED) is 0.740. The van der Waals surface area contributed by atoms with Crippen molar-refractivity contribution in [1.29, 1.82) is 0 Å². The van der Waals surface area contributed by atoms with Crippen LogP contribution in [0.3, 0.4) is 0 Å². The summed E-state index contributed by atoms with van der Waals surface area (Å²) in [7, 11) is 0. The van der Waals surface area contributed by atoms with Gasteiger partial charge in [-0.25, -0.2) is 4.39 Å². The smallest absolute Gasteiger partial charge is 0.319 e. The predicted molar refractivity (Wildman–Crippen MR) is 76.6 cm³/mol. The fourth-order valence-electron chi connectivity index (χ4n) is 2.55. The summed E-state index contributed by atoms with van der Waals surface area (Å²) in [6.07, 6.45) is 1.01. The molecule has 0 atom stereocenters. The van der Waals surface area contributed by atoms with Crippen molar-refractivity contribution in [2.75, 3.05) is 18.4 Å². The van der Waals surface area contributed by atoms with Gasteiger partial charge in [0.15, 0.2) is 0 Å². The van der Waals surface area contributed by atoms with Crippen molar-refractivity contribution < 1.29 is 19.1 Å². The van der Waals surface area contributed by atoms with Crippen molar-refractivity contribution in [3.63, 3.8) is 0 Å². The molecule has 3 N–H and O–H groups in total. The van der Waals surface area contributed by atoms with Gasteiger partial charge in [0.2, 0.25) is 5.91 Å². The summed E-state index contributed by atoms with van der Waals surface area (Å²) >= 11 is 0. The van der Waals surface area contributed by atoms with E-state index in [1.165, 1.54) is 6.07 Å². The first kappa shape index (κ1) is 15.4. The van der Waals surface area contributed by atoms with Gasteiger partial charge < -0.3 is 15.7 Å². The number of hydrogen-bond donors (Lipinski definition) is 3. The molecular formula is C15H19FN2O3. The molecule has 1 saturated heterocycles. The van der Waals surface area contributed by atoms with Crippen LogP contribution in [0.15, 0.2) is 18.2 Å². The zero-order valence-electron chi connectivity index (χ0n) is 11.9. The van der Waals surface area contributed by atoms with Crippen LogP contribution in [0.2, 0.25) is 0 Å². The average Bonchev–Trinajstić information content (AvgIpc) is 2.48. The summed E-state index contributed by atoms with van der Waals surface area (Å²) in [5.41, 5.74) is -0.595. The molecule has 1 aromatic rings. The number of anilines is 1. The van der Waals surface area contributed by atoms with Crippen LogP contribution in [0.4, 0.5) is 10.1 Å². The van der Waals surface area contributed by atoms with Gasteiger partial charge in [-0.2, -0.15) is 0 Å². The van der Waals surface area contributed by atoms with E-state index >= 15 is 0 Å². The number of rotatable bonds is 4. The predicted octanol–water partition coefficient (Wildman–Crippen LogP) is 1.78. The van der Waals surface area contributed by atoms with E-state index in [-0.39, 0.29) is 18.5 Å². The summed E-state index contributed by atoms with van der Waals surface area (Å²) in [4.78, 5) is 23.9. The second-order valence-corrected chi connectivity index (χ2v) is 5.25. The highest BCUT2D eigenvalue weighted by molar-refractivity contribution is 6.08. The van der Waals surface area contributed by atoms with E-state index < -0.39 is 23.1 Å². The van der Waals surface area contributed by atoms with Gasteiger partial charge in [0.25, 0.3) is 0 Å². The van der Waals surface area contributed by atoms with Crippen molar-refractivity contribution in [3.8, 4) is 0 Å². The first-order valence-corrected chi connectivity index (χ1v) is 7.03. The molecule has 1 aliphatic heterocycles. The minimum absolute atomic E-state index is 0.226. The van der Waals surface area contributed by atoms with Crippen LogP contribution in [0.5, 0.6) is 0 Å². The van der Waals surface area contributed by atoms with Crippen LogP contribution in [0.1, 0.15) is 25.3 Å². The van der Waals surface area contributed by atoms with Crippen LogP contribution in [0, 0.1) is 11.2 Å². The molecule has 0 bridgehead atoms. The van der Waals surface area contributed by atoms with Crippen LogP contribution in [0.25, 0.3) is 0 Å². The fraction of sp³-hybridized carbons (Fsp3) is 0.467. The average molecular weight is 294 g/mol. The van der Waals surface area contributed by atoms with Gasteiger partial charge in [-0.1, -0.05) is 13.0 Å². The minimum atomic E-state index is -1.44. The molecule has 1 amide bonds. The zero-order valence-corrected chi connectivity index (χ0v) is 11.9. The maximum Gasteiger partial charge on any atom is 0.319 e. The lowest BCUT2D eigenvalue weighted by Crippen LogP contribution is -2.50. The second kappa shape index (κ2) is 6.22. The summed E-state index contributed by atoms with van der Waals surface area (Å²) in [6.45, 7) is 2.79. The van der Waals surface area contributed by atoms with Crippen molar-refractivity contribution in [3.05, 3.63) is 29.6 Å². The van der Waals surface area contributed by atoms with Crippen molar-refractivity contribution in [2.24, 2.45) is 5.41 Å². The lowest BCUT2D eigenvalue weighted by molar-refractivity contribution is -0.155. The maximum atomic E-state index is 13.7. The van der Waals surface area contributed by atoms with Crippen LogP contribution >= 0.6 is 0 Å². The van der Waals surface area contributed by atoms with Crippen molar-refractivity contribution in [2.45, 2.75) is 26.2 Å². The van der Waals surface area contributed by atoms with Gasteiger partial charge in [-0.05, 0) is 50.0 Å². The monoisotopic (exact) mass is 294 g/mol. The number of aryl methyl sites for hydroxylation is 1. The Bertz CT molecular complexity index is 554. The van der Waals surface area contributed by atoms with Gasteiger partial charge in [0, 0.05) is 5.69 Å². The highest BCUT2D eigenvalue weighted by Gasteiger charge is 2.46. The molecule has 6 heteroatoms. The molecular weight excluding hydrogens is 275 g/mol. The number of aliphatic carboxylic acids is 1. The van der Waals surface area contributed by atoms with E-state index in [0.29, 0.717) is 25.1 Å². The maximum absolute atomic E-state index is 13.7. The molecule has 0 aromatic heterocycles. The number of piperidine rings is 1. The van der Waals surface area contributed by atoms with Crippen LogP contribution in [-0.4, -0.2) is 30.1 Å². The number of hydrogen-bond acceptors (Lipinski definition) is 3. The molecule has 0 aliphatic carbocycles. The lowest BCUT2D eigenvalue weighted by Gasteiger charge is -2.32. The normalized spacial score (nSPS) is 17.2. The fourth-order valence-corrected chi connectivity index (χ4v) is 2.55. The van der Waals surface area contributed by atoms with Crippen LogP contribution in [-0.2, 0) is 16.0 Å². The van der Waals surface area contributed by atoms with E-state index in [0.717, 1.165) is 0 Å². The molecule has 1 aliphatic rings. The Morgan fingerprint density at radius 1 is 1.38 bits per heavy atom. The molecule has 0 radical (unpaired) electrons. The second-order valence-electron chi connectivity index (χ2n) is 5.25. The number of benzene rings is 1. The van der Waals surface area contributed by atoms with E-state index in [9.17, 15) is 19.1 Å². The first-order valence-electron chi connectivity index (χ1n) is 7.03. The molecule has 1 aromatic carbocycles. The number of carbonyl (C=O) groups is 2. The number of amides is 1. The van der Waals surface area contributed by atoms with Crippen molar-refractivity contribution >= 4 is 17.6 Å². The van der Waals surface area contributed by atoms with E-state index in [1.807, 2.05) is 6.92 Å². The summed E-state index contributed by atoms with van der Waals surface area (Å²) in [5.74, 6) is -2.11. The van der Waals surface area contributed by atoms with Gasteiger partial charge >= 0.3 is 5.97 Å². The third kappa shape index (κ3) is 3.05. The van der Waals surface area contributed by atoms with Gasteiger partial charge in [-0.3, -0.25) is 9.59 Å². The number of carboxylic acids is 1. The van der Waals surface area contributed by atoms with E-state index in [2.05, 4.69) is 10.6 Å². The molecule has 2 rings (SSSR count). The standard InChI is InChI=1S/C15H19FN2O3/c1-2-10-3-4-11(9-12(10)16)18-13(19)15(14(20)21)5-7-17-8-6-15/h3-4,9,17H,2,5-8H2,1H3,(H,18,19)(H,20,21). The Morgan fingerprint density at radius 3 is 2.57 bits per heavy atom. The SMILES string of the molecule is CCc1ccc(NC(=O)C2(C(=O)O)CCNCC2)cc1F. The molecule has 1 fully saturated rings. The zero-order chi connectivity index (χ0) is 15.5. The molecule has 0 unspecified atom stereocenters. The molecule has 0 saturated carbocycles. The largest absolute Gasteiger partial charge is 0.480 e. The number of carboxylic acid groups (broad SMARTS) is 1. The highest BCUT2D eigenvalue weighted by Crippen LogP contribution is 2.31. The lowest BCUT2D eigenvalue weighted by atomic mass is 9.78. The van der Waals surface area contributed by atoms with Gasteiger partial charge in [-0.15, -0.1) is 0 Å². The number of carbonyl (C=O) groups excluding carboxylic acids is 1.